The number of pyridine rings is 1. The van der Waals surface area contributed by atoms with Crippen molar-refractivity contribution in [1.29, 1.82) is 0 Å². The van der Waals surface area contributed by atoms with Crippen LogP contribution in [0.2, 0.25) is 5.02 Å². The maximum atomic E-state index is 10.7. The van der Waals surface area contributed by atoms with E-state index in [1.807, 2.05) is 18.2 Å². The predicted molar refractivity (Wildman–Crippen MR) is 83.2 cm³/mol. The summed E-state index contributed by atoms with van der Waals surface area (Å²) in [5.41, 5.74) is 1.48. The average molecular weight is 325 g/mol. The fraction of sp³-hybridized carbons (Fsp3) is 0.214. The first-order valence-electron chi connectivity index (χ1n) is 6.08. The lowest BCUT2D eigenvalue weighted by Crippen LogP contribution is -1.95. The monoisotopic (exact) mass is 324 g/mol. The number of rotatable bonds is 5. The number of aromatic nitrogens is 1. The van der Waals surface area contributed by atoms with Gasteiger partial charge in [0.15, 0.2) is 0 Å². The first-order valence-corrected chi connectivity index (χ1v) is 7.45. The van der Waals surface area contributed by atoms with Gasteiger partial charge >= 0.3 is 0 Å². The third-order valence-corrected chi connectivity index (χ3v) is 4.13. The first-order chi connectivity index (χ1) is 10.0. The summed E-state index contributed by atoms with van der Waals surface area (Å²) < 4.78 is 5.10. The molecule has 0 N–H and O–H groups in total. The van der Waals surface area contributed by atoms with Gasteiger partial charge in [-0.2, -0.15) is 0 Å². The van der Waals surface area contributed by atoms with Crippen molar-refractivity contribution in [2.75, 3.05) is 7.11 Å². The zero-order valence-corrected chi connectivity index (χ0v) is 13.1. The third-order valence-electron chi connectivity index (χ3n) is 2.83. The Labute approximate surface area is 131 Å². The number of methoxy groups -OCH3 is 1. The van der Waals surface area contributed by atoms with Crippen molar-refractivity contribution in [2.45, 2.75) is 17.7 Å². The van der Waals surface area contributed by atoms with Crippen molar-refractivity contribution in [3.05, 3.63) is 56.7 Å². The van der Waals surface area contributed by atoms with E-state index in [2.05, 4.69) is 4.98 Å². The lowest BCUT2D eigenvalue weighted by Gasteiger charge is -2.06. The van der Waals surface area contributed by atoms with Gasteiger partial charge in [-0.3, -0.25) is 10.1 Å². The molecule has 0 atom stereocenters. The van der Waals surface area contributed by atoms with Crippen LogP contribution in [0.15, 0.2) is 35.4 Å². The molecule has 0 aliphatic heterocycles. The minimum absolute atomic E-state index is 0.0341. The summed E-state index contributed by atoms with van der Waals surface area (Å²) in [4.78, 5) is 14.5. The summed E-state index contributed by atoms with van der Waals surface area (Å²) in [6, 6.07) is 8.71. The van der Waals surface area contributed by atoms with Gasteiger partial charge in [0, 0.05) is 11.8 Å². The van der Waals surface area contributed by atoms with E-state index in [0.717, 1.165) is 10.6 Å². The minimum atomic E-state index is -0.431. The smallest absolute Gasteiger partial charge is 0.290 e. The summed E-state index contributed by atoms with van der Waals surface area (Å²) in [5.74, 6) is 1.31. The zero-order valence-electron chi connectivity index (χ0n) is 11.5. The van der Waals surface area contributed by atoms with Crippen LogP contribution in [0.4, 0.5) is 5.69 Å². The number of hydrogen-bond donors (Lipinski definition) is 0. The number of benzene rings is 1. The lowest BCUT2D eigenvalue weighted by molar-refractivity contribution is -0.385. The van der Waals surface area contributed by atoms with Gasteiger partial charge in [0.05, 0.1) is 22.1 Å². The van der Waals surface area contributed by atoms with Crippen molar-refractivity contribution in [1.82, 2.24) is 4.98 Å². The zero-order chi connectivity index (χ0) is 15.4. The number of ether oxygens (including phenoxy) is 1. The summed E-state index contributed by atoms with van der Waals surface area (Å²) >= 11 is 7.56. The molecular weight excluding hydrogens is 312 g/mol. The lowest BCUT2D eigenvalue weighted by atomic mass is 10.2. The van der Waals surface area contributed by atoms with Crippen molar-refractivity contribution in [3.8, 4) is 5.75 Å². The first kappa shape index (κ1) is 15.6. The molecule has 0 fully saturated rings. The van der Waals surface area contributed by atoms with E-state index in [-0.39, 0.29) is 5.69 Å². The van der Waals surface area contributed by atoms with E-state index in [0.29, 0.717) is 22.2 Å². The van der Waals surface area contributed by atoms with Gasteiger partial charge in [0.1, 0.15) is 11.4 Å². The number of aryl methyl sites for hydroxylation is 1. The van der Waals surface area contributed by atoms with Gasteiger partial charge < -0.3 is 4.74 Å². The largest absolute Gasteiger partial charge is 0.495 e. The van der Waals surface area contributed by atoms with Crippen LogP contribution >= 0.6 is 23.4 Å². The topological polar surface area (TPSA) is 65.3 Å². The van der Waals surface area contributed by atoms with E-state index in [1.165, 1.54) is 17.8 Å². The quantitative estimate of drug-likeness (QED) is 0.467. The summed E-state index contributed by atoms with van der Waals surface area (Å²) in [6.07, 6.45) is 0. The van der Waals surface area contributed by atoms with Crippen molar-refractivity contribution >= 4 is 29.1 Å². The highest BCUT2D eigenvalue weighted by atomic mass is 35.5. The van der Waals surface area contributed by atoms with Crippen LogP contribution < -0.4 is 4.74 Å². The van der Waals surface area contributed by atoms with Crippen LogP contribution in [0.1, 0.15) is 11.3 Å². The van der Waals surface area contributed by atoms with Crippen LogP contribution in [0.5, 0.6) is 5.75 Å². The molecule has 0 unspecified atom stereocenters. The molecule has 5 nitrogen and oxygen atoms in total. The summed E-state index contributed by atoms with van der Waals surface area (Å²) in [7, 11) is 1.57. The molecule has 0 aliphatic carbocycles. The van der Waals surface area contributed by atoms with E-state index in [9.17, 15) is 10.1 Å². The number of nitrogens with zero attached hydrogens (tertiary/aromatic N) is 2. The molecule has 0 spiro atoms. The van der Waals surface area contributed by atoms with Gasteiger partial charge in [-0.25, -0.2) is 4.98 Å². The molecule has 2 aromatic rings. The third kappa shape index (κ3) is 3.86. The molecule has 0 aliphatic rings. The van der Waals surface area contributed by atoms with E-state index in [1.54, 1.807) is 20.1 Å². The molecule has 1 aromatic carbocycles. The number of hydrogen-bond acceptors (Lipinski definition) is 5. The second-order valence-corrected chi connectivity index (χ2v) is 5.67. The van der Waals surface area contributed by atoms with E-state index < -0.39 is 4.92 Å². The van der Waals surface area contributed by atoms with Crippen molar-refractivity contribution < 1.29 is 9.66 Å². The highest BCUT2D eigenvalue weighted by Crippen LogP contribution is 2.29. The van der Waals surface area contributed by atoms with E-state index >= 15 is 0 Å². The summed E-state index contributed by atoms with van der Waals surface area (Å²) in [6.45, 7) is 1.63. The average Bonchev–Trinajstić information content (AvgIpc) is 2.45. The Balaban J connectivity index is 2.08. The van der Waals surface area contributed by atoms with Crippen LogP contribution in [-0.2, 0) is 5.75 Å². The SMILES string of the molecule is COc1ccc(CSc2ccc([N+](=O)[O-])c(C)n2)cc1Cl. The maximum absolute atomic E-state index is 10.7. The maximum Gasteiger partial charge on any atom is 0.290 e. The van der Waals surface area contributed by atoms with Crippen LogP contribution in [0.3, 0.4) is 0 Å². The predicted octanol–water partition coefficient (Wildman–Crippen LogP) is 4.25. The molecule has 0 bridgehead atoms. The molecule has 1 aromatic heterocycles. The Morgan fingerprint density at radius 3 is 2.71 bits per heavy atom. The number of thioether (sulfide) groups is 1. The highest BCUT2D eigenvalue weighted by Gasteiger charge is 2.12. The fourth-order valence-electron chi connectivity index (χ4n) is 1.76. The van der Waals surface area contributed by atoms with Crippen molar-refractivity contribution in [3.63, 3.8) is 0 Å². The Morgan fingerprint density at radius 1 is 1.38 bits per heavy atom. The Bertz CT molecular complexity index is 679. The summed E-state index contributed by atoms with van der Waals surface area (Å²) in [5, 5.41) is 12.0. The highest BCUT2D eigenvalue weighted by molar-refractivity contribution is 7.98. The molecule has 2 rings (SSSR count). The Hall–Kier alpha value is -1.79. The van der Waals surface area contributed by atoms with Gasteiger partial charge in [-0.05, 0) is 30.7 Å². The molecule has 0 saturated carbocycles. The standard InChI is InChI=1S/C14H13ClN2O3S/c1-9-12(17(18)19)4-6-14(16-9)21-8-10-3-5-13(20-2)11(15)7-10/h3-7H,8H2,1-2H3. The normalized spacial score (nSPS) is 10.4. The molecule has 7 heteroatoms. The number of halogens is 1. The second-order valence-electron chi connectivity index (χ2n) is 4.27. The van der Waals surface area contributed by atoms with Gasteiger partial charge in [-0.15, -0.1) is 11.8 Å². The molecular formula is C14H13ClN2O3S. The number of nitro groups is 1. The van der Waals surface area contributed by atoms with E-state index in [4.69, 9.17) is 16.3 Å². The molecule has 110 valence electrons. The fourth-order valence-corrected chi connectivity index (χ4v) is 2.90. The molecule has 0 radical (unpaired) electrons. The van der Waals surface area contributed by atoms with Crippen LogP contribution in [0.25, 0.3) is 0 Å². The Morgan fingerprint density at radius 2 is 2.14 bits per heavy atom. The van der Waals surface area contributed by atoms with Crippen LogP contribution in [0, 0.1) is 17.0 Å². The molecule has 0 saturated heterocycles. The minimum Gasteiger partial charge on any atom is -0.495 e. The van der Waals surface area contributed by atoms with Gasteiger partial charge in [-0.1, -0.05) is 17.7 Å². The van der Waals surface area contributed by atoms with Crippen LogP contribution in [-0.4, -0.2) is 17.0 Å². The second kappa shape index (κ2) is 6.78. The van der Waals surface area contributed by atoms with Gasteiger partial charge in [0.25, 0.3) is 5.69 Å². The Kier molecular flexibility index (Phi) is 5.03. The molecule has 0 amide bonds. The molecule has 1 heterocycles. The van der Waals surface area contributed by atoms with Crippen molar-refractivity contribution in [2.24, 2.45) is 0 Å². The van der Waals surface area contributed by atoms with Gasteiger partial charge in [0.2, 0.25) is 0 Å². The molecule has 21 heavy (non-hydrogen) atoms.